The average Bonchev–Trinajstić information content (AvgIpc) is 3.47. The van der Waals surface area contributed by atoms with Gasteiger partial charge in [-0.2, -0.15) is 0 Å². The number of amides is 1. The molecule has 0 N–H and O–H groups in total. The second-order valence-electron chi connectivity index (χ2n) is 6.70. The Labute approximate surface area is 179 Å². The Balaban J connectivity index is 1.43. The Morgan fingerprint density at radius 2 is 2.11 bits per heavy atom. The van der Waals surface area contributed by atoms with Crippen molar-refractivity contribution in [2.24, 2.45) is 0 Å². The maximum Gasteiger partial charge on any atom is 0.273 e. The predicted molar refractivity (Wildman–Crippen MR) is 114 cm³/mol. The highest BCUT2D eigenvalue weighted by molar-refractivity contribution is 9.10. The molecular weight excluding hydrogens is 460 g/mol. The fourth-order valence-corrected chi connectivity index (χ4v) is 6.05. The number of thiophene rings is 1. The molecule has 144 valence electrons. The van der Waals surface area contributed by atoms with Gasteiger partial charge in [0, 0.05) is 27.3 Å². The van der Waals surface area contributed by atoms with Crippen molar-refractivity contribution < 1.29 is 14.3 Å². The van der Waals surface area contributed by atoms with Crippen LogP contribution in [0.3, 0.4) is 0 Å². The van der Waals surface area contributed by atoms with Gasteiger partial charge >= 0.3 is 0 Å². The number of fused-ring (bicyclic) bond motifs is 1. The normalized spacial score (nSPS) is 18.5. The van der Waals surface area contributed by atoms with Crippen LogP contribution in [0.25, 0.3) is 9.88 Å². The van der Waals surface area contributed by atoms with Crippen molar-refractivity contribution in [1.82, 2.24) is 9.88 Å². The fourth-order valence-electron chi connectivity index (χ4n) is 3.75. The summed E-state index contributed by atoms with van der Waals surface area (Å²) in [6, 6.07) is 7.96. The minimum absolute atomic E-state index is 0.00909. The van der Waals surface area contributed by atoms with E-state index in [1.807, 2.05) is 39.9 Å². The molecule has 5 rings (SSSR count). The second kappa shape index (κ2) is 7.50. The molecule has 1 saturated heterocycles. The zero-order valence-corrected chi connectivity index (χ0v) is 18.1. The van der Waals surface area contributed by atoms with Gasteiger partial charge in [0.25, 0.3) is 5.91 Å². The van der Waals surface area contributed by atoms with Crippen molar-refractivity contribution in [3.8, 4) is 21.4 Å². The highest BCUT2D eigenvalue weighted by atomic mass is 79.9. The molecule has 28 heavy (non-hydrogen) atoms. The third-order valence-electron chi connectivity index (χ3n) is 4.97. The van der Waals surface area contributed by atoms with E-state index in [2.05, 4.69) is 20.9 Å². The number of benzene rings is 1. The maximum absolute atomic E-state index is 13.2. The molecule has 0 bridgehead atoms. The molecule has 0 aliphatic carbocycles. The monoisotopic (exact) mass is 476 g/mol. The Morgan fingerprint density at radius 3 is 2.96 bits per heavy atom. The number of carbonyl (C=O) groups is 1. The van der Waals surface area contributed by atoms with Gasteiger partial charge in [-0.05, 0) is 40.9 Å². The van der Waals surface area contributed by atoms with Gasteiger partial charge in [-0.15, -0.1) is 22.7 Å². The van der Waals surface area contributed by atoms with Crippen LogP contribution in [0.1, 0.15) is 34.9 Å². The van der Waals surface area contributed by atoms with E-state index in [1.165, 1.54) is 11.3 Å². The number of hydrogen-bond donors (Lipinski definition) is 0. The van der Waals surface area contributed by atoms with E-state index in [9.17, 15) is 4.79 Å². The van der Waals surface area contributed by atoms with E-state index in [0.29, 0.717) is 18.9 Å². The standard InChI is InChI=1S/C20H17BrN2O3S2/c21-12-9-17(27-10-12)19-22-14(11-28-19)20(24)23-6-2-4-15(23)13-3-1-5-16-18(13)26-8-7-25-16/h1,3,5,9-11,15H,2,4,6-8H2. The molecule has 3 aromatic rings. The molecule has 8 heteroatoms. The Morgan fingerprint density at radius 1 is 1.21 bits per heavy atom. The lowest BCUT2D eigenvalue weighted by atomic mass is 10.0. The molecule has 0 spiro atoms. The van der Waals surface area contributed by atoms with Crippen molar-refractivity contribution in [2.75, 3.05) is 19.8 Å². The summed E-state index contributed by atoms with van der Waals surface area (Å²) in [6.07, 6.45) is 1.89. The molecule has 1 aromatic carbocycles. The van der Waals surface area contributed by atoms with Crippen molar-refractivity contribution in [2.45, 2.75) is 18.9 Å². The third-order valence-corrected chi connectivity index (χ3v) is 7.67. The molecule has 1 unspecified atom stereocenters. The van der Waals surface area contributed by atoms with Crippen LogP contribution < -0.4 is 9.47 Å². The van der Waals surface area contributed by atoms with Crippen LogP contribution in [0.2, 0.25) is 0 Å². The minimum atomic E-state index is -0.0186. The molecule has 1 atom stereocenters. The maximum atomic E-state index is 13.2. The van der Waals surface area contributed by atoms with Crippen LogP contribution in [0.4, 0.5) is 0 Å². The van der Waals surface area contributed by atoms with E-state index in [4.69, 9.17) is 9.47 Å². The van der Waals surface area contributed by atoms with E-state index < -0.39 is 0 Å². The summed E-state index contributed by atoms with van der Waals surface area (Å²) in [5.41, 5.74) is 1.54. The second-order valence-corrected chi connectivity index (χ2v) is 9.38. The lowest BCUT2D eigenvalue weighted by molar-refractivity contribution is 0.0726. The van der Waals surface area contributed by atoms with Crippen LogP contribution >= 0.6 is 38.6 Å². The van der Waals surface area contributed by atoms with Gasteiger partial charge in [-0.25, -0.2) is 4.98 Å². The molecule has 0 radical (unpaired) electrons. The first-order valence-corrected chi connectivity index (χ1v) is 11.7. The molecule has 4 heterocycles. The molecular formula is C20H17BrN2O3S2. The average molecular weight is 477 g/mol. The lowest BCUT2D eigenvalue weighted by Crippen LogP contribution is -2.31. The zero-order valence-electron chi connectivity index (χ0n) is 14.9. The Kier molecular flexibility index (Phi) is 4.86. The number of para-hydroxylation sites is 1. The summed E-state index contributed by atoms with van der Waals surface area (Å²) in [7, 11) is 0. The van der Waals surface area contributed by atoms with Gasteiger partial charge in [-0.3, -0.25) is 4.79 Å². The fraction of sp³-hybridized carbons (Fsp3) is 0.300. The van der Waals surface area contributed by atoms with Crippen molar-refractivity contribution in [1.29, 1.82) is 0 Å². The van der Waals surface area contributed by atoms with Gasteiger partial charge < -0.3 is 14.4 Å². The van der Waals surface area contributed by atoms with E-state index in [0.717, 1.165) is 50.8 Å². The molecule has 2 aliphatic rings. The number of halogens is 1. The van der Waals surface area contributed by atoms with Crippen LogP contribution in [0.5, 0.6) is 11.5 Å². The SMILES string of the molecule is O=C(c1csc(-c2cc(Br)cs2)n1)N1CCCC1c1cccc2c1OCCO2. The number of aromatic nitrogens is 1. The summed E-state index contributed by atoms with van der Waals surface area (Å²) >= 11 is 6.60. The third kappa shape index (κ3) is 3.23. The Hall–Kier alpha value is -1.90. The van der Waals surface area contributed by atoms with Gasteiger partial charge in [0.15, 0.2) is 11.5 Å². The van der Waals surface area contributed by atoms with E-state index >= 15 is 0 Å². The highest BCUT2D eigenvalue weighted by Gasteiger charge is 2.34. The molecule has 5 nitrogen and oxygen atoms in total. The topological polar surface area (TPSA) is 51.7 Å². The Bertz CT molecular complexity index is 1030. The number of rotatable bonds is 3. The first-order chi connectivity index (χ1) is 13.7. The largest absolute Gasteiger partial charge is 0.486 e. The highest BCUT2D eigenvalue weighted by Crippen LogP contribution is 2.43. The first kappa shape index (κ1) is 18.1. The van der Waals surface area contributed by atoms with Crippen LogP contribution in [-0.4, -0.2) is 35.5 Å². The van der Waals surface area contributed by atoms with E-state index in [1.54, 1.807) is 11.3 Å². The summed E-state index contributed by atoms with van der Waals surface area (Å²) < 4.78 is 12.6. The molecule has 2 aliphatic heterocycles. The molecule has 2 aromatic heterocycles. The zero-order chi connectivity index (χ0) is 19.1. The quantitative estimate of drug-likeness (QED) is 0.508. The summed E-state index contributed by atoms with van der Waals surface area (Å²) in [4.78, 5) is 20.8. The van der Waals surface area contributed by atoms with E-state index in [-0.39, 0.29) is 11.9 Å². The van der Waals surface area contributed by atoms with Crippen molar-refractivity contribution in [3.63, 3.8) is 0 Å². The smallest absolute Gasteiger partial charge is 0.273 e. The van der Waals surface area contributed by atoms with Gasteiger partial charge in [0.1, 0.15) is 23.9 Å². The number of ether oxygens (including phenoxy) is 2. The molecule has 1 fully saturated rings. The number of carbonyl (C=O) groups excluding carboxylic acids is 1. The number of likely N-dealkylation sites (tertiary alicyclic amines) is 1. The number of thiazole rings is 1. The van der Waals surface area contributed by atoms with Gasteiger partial charge in [0.2, 0.25) is 0 Å². The summed E-state index contributed by atoms with van der Waals surface area (Å²) in [5.74, 6) is 1.53. The van der Waals surface area contributed by atoms with Crippen LogP contribution in [0.15, 0.2) is 39.5 Å². The van der Waals surface area contributed by atoms with Gasteiger partial charge in [0.05, 0.1) is 10.9 Å². The van der Waals surface area contributed by atoms with Gasteiger partial charge in [-0.1, -0.05) is 12.1 Å². The number of nitrogens with zero attached hydrogens (tertiary/aromatic N) is 2. The predicted octanol–water partition coefficient (Wildman–Crippen LogP) is 5.38. The van der Waals surface area contributed by atoms with Crippen molar-refractivity contribution >= 4 is 44.5 Å². The first-order valence-electron chi connectivity index (χ1n) is 9.10. The van der Waals surface area contributed by atoms with Crippen LogP contribution in [0, 0.1) is 0 Å². The lowest BCUT2D eigenvalue weighted by Gasteiger charge is -2.28. The summed E-state index contributed by atoms with van der Waals surface area (Å²) in [6.45, 7) is 1.83. The molecule has 1 amide bonds. The van der Waals surface area contributed by atoms with Crippen molar-refractivity contribution in [3.05, 3.63) is 50.8 Å². The van der Waals surface area contributed by atoms with Crippen LogP contribution in [-0.2, 0) is 0 Å². The number of hydrogen-bond acceptors (Lipinski definition) is 6. The summed E-state index contributed by atoms with van der Waals surface area (Å²) in [5, 5.41) is 4.76. The minimum Gasteiger partial charge on any atom is -0.486 e. The molecule has 0 saturated carbocycles.